The largest absolute Gasteiger partial charge is 0.496 e. The van der Waals surface area contributed by atoms with Crippen LogP contribution in [-0.4, -0.2) is 38.3 Å². The summed E-state index contributed by atoms with van der Waals surface area (Å²) in [7, 11) is 1.67. The summed E-state index contributed by atoms with van der Waals surface area (Å²) in [4.78, 5) is 13.1. The topological polar surface area (TPSA) is 71.6 Å². The van der Waals surface area contributed by atoms with Gasteiger partial charge in [-0.05, 0) is 86.2 Å². The highest BCUT2D eigenvalue weighted by Crippen LogP contribution is 2.41. The van der Waals surface area contributed by atoms with Crippen LogP contribution in [0.15, 0.2) is 66.2 Å². The monoisotopic (exact) mass is 495 g/mol. The molecule has 0 bridgehead atoms. The smallest absolute Gasteiger partial charge is 0.256 e. The van der Waals surface area contributed by atoms with Crippen molar-refractivity contribution in [3.05, 3.63) is 77.4 Å². The van der Waals surface area contributed by atoms with E-state index in [0.29, 0.717) is 6.04 Å². The molecule has 6 rings (SSSR count). The number of benzene rings is 3. The maximum atomic E-state index is 13.1. The summed E-state index contributed by atoms with van der Waals surface area (Å²) in [5.41, 5.74) is 7.94. The molecule has 3 aromatic rings. The molecule has 0 spiro atoms. The molecule has 3 heterocycles. The predicted octanol–water partition coefficient (Wildman–Crippen LogP) is 5.65. The lowest BCUT2D eigenvalue weighted by atomic mass is 9.94. The van der Waals surface area contributed by atoms with Crippen molar-refractivity contribution in [2.45, 2.75) is 44.7 Å². The van der Waals surface area contributed by atoms with Crippen LogP contribution in [0.2, 0.25) is 0 Å². The zero-order chi connectivity index (χ0) is 25.4. The van der Waals surface area contributed by atoms with Crippen molar-refractivity contribution in [1.82, 2.24) is 5.32 Å². The lowest BCUT2D eigenvalue weighted by Gasteiger charge is -2.15. The number of methoxy groups -OCH3 is 1. The first kappa shape index (κ1) is 23.6. The van der Waals surface area contributed by atoms with E-state index < -0.39 is 0 Å². The number of amides is 1. The average Bonchev–Trinajstić information content (AvgIpc) is 3.66. The number of carbonyl (C=O) groups excluding carboxylic acids is 1. The van der Waals surface area contributed by atoms with Gasteiger partial charge < -0.3 is 25.4 Å². The van der Waals surface area contributed by atoms with E-state index in [2.05, 4.69) is 41.1 Å². The van der Waals surface area contributed by atoms with Crippen LogP contribution in [0.5, 0.6) is 11.5 Å². The standard InChI is InChI=1S/C31H33N3O3/c1-19(27-18-21-16-23(10-12-26(21)33-27)37-15-13-22-6-5-14-32-22)30-25-11-9-20(17-28(25)34-31(30)35)24-7-3-4-8-29(24)36-2/h3-4,7-12,16-17,22,27,32-33H,5-6,13-15,18H2,1-2H3,(H,34,35)/b30-19-. The summed E-state index contributed by atoms with van der Waals surface area (Å²) < 4.78 is 11.6. The molecule has 3 aliphatic rings. The number of rotatable bonds is 7. The van der Waals surface area contributed by atoms with Crippen molar-refractivity contribution in [2.75, 3.05) is 30.9 Å². The minimum absolute atomic E-state index is 0.0491. The summed E-state index contributed by atoms with van der Waals surface area (Å²) in [6.07, 6.45) is 4.37. The van der Waals surface area contributed by atoms with E-state index in [9.17, 15) is 4.79 Å². The normalized spacial score (nSPS) is 21.2. The van der Waals surface area contributed by atoms with Gasteiger partial charge in [-0.1, -0.05) is 30.3 Å². The minimum atomic E-state index is -0.0491. The quantitative estimate of drug-likeness (QED) is 0.370. The Morgan fingerprint density at radius 2 is 1.92 bits per heavy atom. The van der Waals surface area contributed by atoms with E-state index in [1.165, 1.54) is 18.4 Å². The summed E-state index contributed by atoms with van der Waals surface area (Å²) >= 11 is 0. The highest BCUT2D eigenvalue weighted by Gasteiger charge is 2.31. The number of hydrogen-bond acceptors (Lipinski definition) is 5. The second-order valence-corrected chi connectivity index (χ2v) is 10.1. The molecule has 2 unspecified atom stereocenters. The van der Waals surface area contributed by atoms with Gasteiger partial charge in [0.1, 0.15) is 11.5 Å². The van der Waals surface area contributed by atoms with E-state index in [1.807, 2.05) is 42.5 Å². The third-order valence-corrected chi connectivity index (χ3v) is 7.83. The molecule has 1 saturated heterocycles. The van der Waals surface area contributed by atoms with Gasteiger partial charge in [-0.2, -0.15) is 0 Å². The molecule has 3 aromatic carbocycles. The molecule has 2 atom stereocenters. The summed E-state index contributed by atoms with van der Waals surface area (Å²) in [5.74, 6) is 1.68. The number of ether oxygens (including phenoxy) is 2. The Morgan fingerprint density at radius 3 is 2.76 bits per heavy atom. The van der Waals surface area contributed by atoms with Crippen LogP contribution in [-0.2, 0) is 11.2 Å². The highest BCUT2D eigenvalue weighted by atomic mass is 16.5. The summed E-state index contributed by atoms with van der Waals surface area (Å²) in [6.45, 7) is 3.91. The molecule has 190 valence electrons. The Labute approximate surface area is 218 Å². The van der Waals surface area contributed by atoms with Crippen LogP contribution < -0.4 is 25.4 Å². The Kier molecular flexibility index (Phi) is 6.35. The maximum Gasteiger partial charge on any atom is 0.256 e. The Balaban J connectivity index is 1.20. The van der Waals surface area contributed by atoms with Crippen LogP contribution in [0, 0.1) is 0 Å². The van der Waals surface area contributed by atoms with Crippen molar-refractivity contribution < 1.29 is 14.3 Å². The van der Waals surface area contributed by atoms with Gasteiger partial charge in [0.2, 0.25) is 0 Å². The lowest BCUT2D eigenvalue weighted by Crippen LogP contribution is -2.23. The SMILES string of the molecule is COc1ccccc1-c1ccc2c(c1)NC(=O)/C2=C(/C)C1Cc2cc(OCCC3CCCN3)ccc2N1. The maximum absolute atomic E-state index is 13.1. The fourth-order valence-corrected chi connectivity index (χ4v) is 5.80. The van der Waals surface area contributed by atoms with Crippen molar-refractivity contribution in [2.24, 2.45) is 0 Å². The van der Waals surface area contributed by atoms with Crippen LogP contribution in [0.25, 0.3) is 16.7 Å². The fraction of sp³-hybridized carbons (Fsp3) is 0.323. The molecule has 0 aromatic heterocycles. The molecule has 0 aliphatic carbocycles. The van der Waals surface area contributed by atoms with E-state index in [-0.39, 0.29) is 11.9 Å². The zero-order valence-corrected chi connectivity index (χ0v) is 21.4. The number of anilines is 2. The first-order chi connectivity index (χ1) is 18.1. The number of nitrogens with one attached hydrogen (secondary N) is 3. The van der Waals surface area contributed by atoms with Gasteiger partial charge >= 0.3 is 0 Å². The fourth-order valence-electron chi connectivity index (χ4n) is 5.80. The van der Waals surface area contributed by atoms with E-state index >= 15 is 0 Å². The van der Waals surface area contributed by atoms with Crippen molar-refractivity contribution in [3.8, 4) is 22.6 Å². The zero-order valence-electron chi connectivity index (χ0n) is 21.4. The van der Waals surface area contributed by atoms with Gasteiger partial charge in [0.15, 0.2) is 0 Å². The van der Waals surface area contributed by atoms with Crippen molar-refractivity contribution in [1.29, 1.82) is 0 Å². The molecule has 0 radical (unpaired) electrons. The molecule has 6 heteroatoms. The number of fused-ring (bicyclic) bond motifs is 2. The van der Waals surface area contributed by atoms with Gasteiger partial charge in [0.05, 0.1) is 19.8 Å². The average molecular weight is 496 g/mol. The van der Waals surface area contributed by atoms with Crippen molar-refractivity contribution >= 4 is 22.9 Å². The summed E-state index contributed by atoms with van der Waals surface area (Å²) in [6, 6.07) is 21.0. The van der Waals surface area contributed by atoms with Gasteiger partial charge in [-0.15, -0.1) is 0 Å². The van der Waals surface area contributed by atoms with Crippen LogP contribution in [0.4, 0.5) is 11.4 Å². The number of hydrogen-bond donors (Lipinski definition) is 3. The Bertz CT molecular complexity index is 1370. The lowest BCUT2D eigenvalue weighted by molar-refractivity contribution is -0.110. The Hall–Kier alpha value is -3.77. The first-order valence-corrected chi connectivity index (χ1v) is 13.2. The molecule has 1 fully saturated rings. The number of para-hydroxylation sites is 1. The molecule has 0 saturated carbocycles. The second-order valence-electron chi connectivity index (χ2n) is 10.1. The molecule has 37 heavy (non-hydrogen) atoms. The van der Waals surface area contributed by atoms with Crippen LogP contribution in [0.3, 0.4) is 0 Å². The molecule has 3 N–H and O–H groups in total. The molecular formula is C31H33N3O3. The van der Waals surface area contributed by atoms with Gasteiger partial charge in [-0.3, -0.25) is 4.79 Å². The first-order valence-electron chi connectivity index (χ1n) is 13.2. The third kappa shape index (κ3) is 4.58. The third-order valence-electron chi connectivity index (χ3n) is 7.83. The molecule has 3 aliphatic heterocycles. The Morgan fingerprint density at radius 1 is 1.03 bits per heavy atom. The summed E-state index contributed by atoms with van der Waals surface area (Å²) in [5, 5.41) is 10.2. The predicted molar refractivity (Wildman–Crippen MR) is 148 cm³/mol. The van der Waals surface area contributed by atoms with Crippen molar-refractivity contribution in [3.63, 3.8) is 0 Å². The molecular weight excluding hydrogens is 462 g/mol. The molecule has 1 amide bonds. The molecule has 6 nitrogen and oxygen atoms in total. The van der Waals surface area contributed by atoms with Crippen LogP contribution >= 0.6 is 0 Å². The second kappa shape index (κ2) is 9.94. The van der Waals surface area contributed by atoms with E-state index in [1.54, 1.807) is 7.11 Å². The highest BCUT2D eigenvalue weighted by molar-refractivity contribution is 6.32. The van der Waals surface area contributed by atoms with Gasteiger partial charge in [0.25, 0.3) is 5.91 Å². The van der Waals surface area contributed by atoms with E-state index in [4.69, 9.17) is 9.47 Å². The van der Waals surface area contributed by atoms with Gasteiger partial charge in [-0.25, -0.2) is 0 Å². The van der Waals surface area contributed by atoms with Gasteiger partial charge in [0, 0.05) is 34.1 Å². The number of carbonyl (C=O) groups is 1. The van der Waals surface area contributed by atoms with Crippen LogP contribution in [0.1, 0.15) is 37.3 Å². The minimum Gasteiger partial charge on any atom is -0.496 e. The van der Waals surface area contributed by atoms with E-state index in [0.717, 1.165) is 76.7 Å².